The third-order valence-corrected chi connectivity index (χ3v) is 6.10. The molecule has 2 aromatic carbocycles. The highest BCUT2D eigenvalue weighted by Gasteiger charge is 2.26. The summed E-state index contributed by atoms with van der Waals surface area (Å²) in [6.45, 7) is 6.42. The molecule has 7 heteroatoms. The minimum Gasteiger partial charge on any atom is -0.494 e. The first-order valence-corrected chi connectivity index (χ1v) is 13.2. The number of esters is 3. The first-order chi connectivity index (χ1) is 18.4. The Morgan fingerprint density at radius 3 is 2.26 bits per heavy atom. The van der Waals surface area contributed by atoms with Crippen LogP contribution < -0.4 is 9.47 Å². The van der Waals surface area contributed by atoms with Crippen molar-refractivity contribution in [1.29, 1.82) is 0 Å². The number of benzene rings is 2. The Bertz CT molecular complexity index is 1080. The van der Waals surface area contributed by atoms with Gasteiger partial charge in [-0.3, -0.25) is 0 Å². The van der Waals surface area contributed by atoms with Crippen LogP contribution >= 0.6 is 0 Å². The number of unbranched alkanes of at least 4 members (excludes halogenated alkanes) is 5. The SMILES string of the molecule is C=C1CC(CCCCCCCCOc2ccc(C(=O)Oc3ccc(/C=C/C(=O)OCC)cc3)cc2)OC1=O. The molecule has 1 unspecified atom stereocenters. The Balaban J connectivity index is 1.27. The molecule has 1 aliphatic rings. The molecule has 202 valence electrons. The number of carbonyl (C=O) groups excluding carboxylic acids is 3. The van der Waals surface area contributed by atoms with Gasteiger partial charge in [0.25, 0.3) is 0 Å². The Morgan fingerprint density at radius 1 is 0.947 bits per heavy atom. The van der Waals surface area contributed by atoms with E-state index >= 15 is 0 Å². The van der Waals surface area contributed by atoms with E-state index < -0.39 is 11.9 Å². The zero-order valence-corrected chi connectivity index (χ0v) is 22.0. The molecule has 1 fully saturated rings. The van der Waals surface area contributed by atoms with Gasteiger partial charge in [0, 0.05) is 18.1 Å². The van der Waals surface area contributed by atoms with E-state index in [0.717, 1.165) is 50.5 Å². The van der Waals surface area contributed by atoms with E-state index in [1.807, 2.05) is 0 Å². The lowest BCUT2D eigenvalue weighted by Crippen LogP contribution is -2.08. The average Bonchev–Trinajstić information content (AvgIpc) is 3.24. The molecule has 0 aliphatic carbocycles. The van der Waals surface area contributed by atoms with Gasteiger partial charge in [0.1, 0.15) is 17.6 Å². The Hall–Kier alpha value is -3.87. The fraction of sp³-hybridized carbons (Fsp3) is 0.387. The maximum atomic E-state index is 12.4. The zero-order chi connectivity index (χ0) is 27.2. The van der Waals surface area contributed by atoms with Gasteiger partial charge < -0.3 is 18.9 Å². The molecule has 1 saturated heterocycles. The standard InChI is InChI=1S/C31H36O7/c1-3-35-29(32)20-13-24-11-16-27(17-12-24)37-31(34)25-14-18-26(19-15-25)36-21-9-7-5-4-6-8-10-28-22-23(2)30(33)38-28/h11-20,28H,2-10,21-22H2,1H3/b20-13+. The molecular weight excluding hydrogens is 484 g/mol. The summed E-state index contributed by atoms with van der Waals surface area (Å²) in [6, 6.07) is 13.8. The molecule has 0 radical (unpaired) electrons. The van der Waals surface area contributed by atoms with Crippen LogP contribution in [0.3, 0.4) is 0 Å². The number of ether oxygens (including phenoxy) is 4. The smallest absolute Gasteiger partial charge is 0.343 e. The van der Waals surface area contributed by atoms with Crippen LogP contribution in [0.2, 0.25) is 0 Å². The Kier molecular flexibility index (Phi) is 11.6. The van der Waals surface area contributed by atoms with Gasteiger partial charge in [0.15, 0.2) is 0 Å². The number of carbonyl (C=O) groups is 3. The summed E-state index contributed by atoms with van der Waals surface area (Å²) in [5, 5.41) is 0. The van der Waals surface area contributed by atoms with Crippen molar-refractivity contribution in [3.05, 3.63) is 77.9 Å². The molecular formula is C31H36O7. The van der Waals surface area contributed by atoms with Gasteiger partial charge in [-0.15, -0.1) is 0 Å². The quantitative estimate of drug-likeness (QED) is 0.115. The minimum absolute atomic E-state index is 0.0241. The van der Waals surface area contributed by atoms with E-state index in [0.29, 0.717) is 42.3 Å². The normalized spacial score (nSPS) is 14.9. The van der Waals surface area contributed by atoms with Crippen molar-refractivity contribution in [3.8, 4) is 11.5 Å². The molecule has 1 heterocycles. The molecule has 1 aliphatic heterocycles. The van der Waals surface area contributed by atoms with Crippen LogP contribution in [0.5, 0.6) is 11.5 Å². The predicted molar refractivity (Wildman–Crippen MR) is 145 cm³/mol. The third-order valence-electron chi connectivity index (χ3n) is 6.10. The topological polar surface area (TPSA) is 88.1 Å². The van der Waals surface area contributed by atoms with Gasteiger partial charge in [-0.1, -0.05) is 44.4 Å². The molecule has 0 aromatic heterocycles. The second-order valence-corrected chi connectivity index (χ2v) is 9.16. The highest BCUT2D eigenvalue weighted by atomic mass is 16.6. The summed E-state index contributed by atoms with van der Waals surface area (Å²) in [4.78, 5) is 35.2. The van der Waals surface area contributed by atoms with Crippen molar-refractivity contribution in [3.63, 3.8) is 0 Å². The first kappa shape index (κ1) is 28.7. The molecule has 0 spiro atoms. The molecule has 0 N–H and O–H groups in total. The van der Waals surface area contributed by atoms with Crippen LogP contribution in [-0.2, 0) is 19.1 Å². The maximum Gasteiger partial charge on any atom is 0.343 e. The molecule has 7 nitrogen and oxygen atoms in total. The van der Waals surface area contributed by atoms with Gasteiger partial charge in [0.05, 0.1) is 18.8 Å². The summed E-state index contributed by atoms with van der Waals surface area (Å²) < 4.78 is 21.3. The molecule has 0 amide bonds. The summed E-state index contributed by atoms with van der Waals surface area (Å²) in [7, 11) is 0. The van der Waals surface area contributed by atoms with Crippen molar-refractivity contribution in [2.45, 2.75) is 64.4 Å². The van der Waals surface area contributed by atoms with Crippen LogP contribution in [0.15, 0.2) is 66.8 Å². The fourth-order valence-corrected chi connectivity index (χ4v) is 4.02. The predicted octanol–water partition coefficient (Wildman–Crippen LogP) is 6.46. The second kappa shape index (κ2) is 15.4. The summed E-state index contributed by atoms with van der Waals surface area (Å²) in [5.74, 6) is 0.0285. The van der Waals surface area contributed by atoms with Gasteiger partial charge >= 0.3 is 17.9 Å². The van der Waals surface area contributed by atoms with Gasteiger partial charge in [0.2, 0.25) is 0 Å². The summed E-state index contributed by atoms with van der Waals surface area (Å²) in [6.07, 6.45) is 11.2. The van der Waals surface area contributed by atoms with E-state index in [1.54, 1.807) is 61.5 Å². The van der Waals surface area contributed by atoms with Crippen LogP contribution in [-0.4, -0.2) is 37.2 Å². The lowest BCUT2D eigenvalue weighted by molar-refractivity contribution is -0.139. The van der Waals surface area contributed by atoms with E-state index in [4.69, 9.17) is 18.9 Å². The lowest BCUT2D eigenvalue weighted by Gasteiger charge is -2.09. The van der Waals surface area contributed by atoms with E-state index in [9.17, 15) is 14.4 Å². The molecule has 0 bridgehead atoms. The van der Waals surface area contributed by atoms with E-state index in [1.165, 1.54) is 6.08 Å². The Morgan fingerprint density at radius 2 is 1.61 bits per heavy atom. The number of hydrogen-bond acceptors (Lipinski definition) is 7. The highest BCUT2D eigenvalue weighted by Crippen LogP contribution is 2.23. The molecule has 3 rings (SSSR count). The van der Waals surface area contributed by atoms with Gasteiger partial charge in [-0.25, -0.2) is 14.4 Å². The number of hydrogen-bond donors (Lipinski definition) is 0. The fourth-order valence-electron chi connectivity index (χ4n) is 4.02. The average molecular weight is 521 g/mol. The number of rotatable bonds is 15. The third kappa shape index (κ3) is 9.88. The van der Waals surface area contributed by atoms with Crippen LogP contribution in [0.4, 0.5) is 0 Å². The highest BCUT2D eigenvalue weighted by molar-refractivity contribution is 5.91. The first-order valence-electron chi connectivity index (χ1n) is 13.2. The van der Waals surface area contributed by atoms with Crippen molar-refractivity contribution in [2.75, 3.05) is 13.2 Å². The van der Waals surface area contributed by atoms with Crippen molar-refractivity contribution in [2.24, 2.45) is 0 Å². The van der Waals surface area contributed by atoms with Crippen molar-refractivity contribution >= 4 is 24.0 Å². The molecule has 38 heavy (non-hydrogen) atoms. The molecule has 1 atom stereocenters. The lowest BCUT2D eigenvalue weighted by atomic mass is 10.0. The van der Waals surface area contributed by atoms with E-state index in [-0.39, 0.29) is 12.1 Å². The largest absolute Gasteiger partial charge is 0.494 e. The van der Waals surface area contributed by atoms with Crippen LogP contribution in [0.1, 0.15) is 74.2 Å². The maximum absolute atomic E-state index is 12.4. The van der Waals surface area contributed by atoms with Crippen molar-refractivity contribution < 1.29 is 33.3 Å². The summed E-state index contributed by atoms with van der Waals surface area (Å²) >= 11 is 0. The van der Waals surface area contributed by atoms with Crippen LogP contribution in [0.25, 0.3) is 6.08 Å². The van der Waals surface area contributed by atoms with Crippen LogP contribution in [0, 0.1) is 0 Å². The second-order valence-electron chi connectivity index (χ2n) is 9.16. The summed E-state index contributed by atoms with van der Waals surface area (Å²) in [5.41, 5.74) is 1.81. The van der Waals surface area contributed by atoms with Crippen molar-refractivity contribution in [1.82, 2.24) is 0 Å². The minimum atomic E-state index is -0.456. The molecule has 2 aromatic rings. The monoisotopic (exact) mass is 520 g/mol. The zero-order valence-electron chi connectivity index (χ0n) is 22.0. The van der Waals surface area contributed by atoms with Gasteiger partial charge in [-0.2, -0.15) is 0 Å². The Labute approximate surface area is 224 Å². The number of cyclic esters (lactones) is 1. The molecule has 0 saturated carbocycles. The van der Waals surface area contributed by atoms with E-state index in [2.05, 4.69) is 6.58 Å². The van der Waals surface area contributed by atoms with Gasteiger partial charge in [-0.05, 0) is 74.2 Å².